The number of benzene rings is 2. The lowest BCUT2D eigenvalue weighted by atomic mass is 10.1. The average molecular weight is 359 g/mol. The average Bonchev–Trinajstić information content (AvgIpc) is 3.31. The van der Waals surface area contributed by atoms with Crippen LogP contribution >= 0.6 is 0 Å². The second kappa shape index (κ2) is 7.07. The molecule has 136 valence electrons. The van der Waals surface area contributed by atoms with Crippen molar-refractivity contribution < 1.29 is 4.79 Å². The second-order valence-electron chi connectivity index (χ2n) is 6.60. The Hall–Kier alpha value is -3.41. The number of H-pyrrole nitrogens is 2. The molecule has 1 atom stereocenters. The van der Waals surface area contributed by atoms with E-state index in [1.54, 1.807) is 11.2 Å². The Morgan fingerprint density at radius 2 is 1.85 bits per heavy atom. The molecule has 6 heteroatoms. The van der Waals surface area contributed by atoms with Crippen molar-refractivity contribution in [3.63, 3.8) is 0 Å². The predicted octanol–water partition coefficient (Wildman–Crippen LogP) is 4.00. The van der Waals surface area contributed by atoms with Crippen LogP contribution in [-0.4, -0.2) is 30.7 Å². The summed E-state index contributed by atoms with van der Waals surface area (Å²) in [5, 5.41) is 0. The van der Waals surface area contributed by atoms with Crippen LogP contribution in [0.15, 0.2) is 60.9 Å². The van der Waals surface area contributed by atoms with Crippen LogP contribution in [0.5, 0.6) is 0 Å². The van der Waals surface area contributed by atoms with E-state index in [9.17, 15) is 4.79 Å². The number of nitrogens with zero attached hydrogens (tertiary/aromatic N) is 3. The zero-order valence-electron chi connectivity index (χ0n) is 15.3. The molecule has 2 aromatic heterocycles. The fraction of sp³-hybridized carbons (Fsp3) is 0.190. The Bertz CT molecular complexity index is 1030. The van der Waals surface area contributed by atoms with Crippen LogP contribution in [0, 0.1) is 6.92 Å². The van der Waals surface area contributed by atoms with E-state index < -0.39 is 0 Å². The van der Waals surface area contributed by atoms with E-state index in [1.165, 1.54) is 0 Å². The van der Waals surface area contributed by atoms with Crippen molar-refractivity contribution in [3.05, 3.63) is 83.7 Å². The summed E-state index contributed by atoms with van der Waals surface area (Å²) in [6, 6.07) is 17.5. The number of fused-ring (bicyclic) bond motifs is 1. The highest BCUT2D eigenvalue weighted by atomic mass is 16.2. The summed E-state index contributed by atoms with van der Waals surface area (Å²) < 4.78 is 0. The maximum atomic E-state index is 13.4. The van der Waals surface area contributed by atoms with E-state index in [0.29, 0.717) is 12.4 Å². The topological polar surface area (TPSA) is 77.7 Å². The molecule has 27 heavy (non-hydrogen) atoms. The molecule has 6 nitrogen and oxygen atoms in total. The van der Waals surface area contributed by atoms with Crippen LogP contribution < -0.4 is 0 Å². The van der Waals surface area contributed by atoms with E-state index in [1.807, 2.05) is 68.4 Å². The summed E-state index contributed by atoms with van der Waals surface area (Å²) >= 11 is 0. The van der Waals surface area contributed by atoms with Gasteiger partial charge in [-0.2, -0.15) is 0 Å². The molecule has 0 fully saturated rings. The second-order valence-corrected chi connectivity index (χ2v) is 6.60. The number of aryl methyl sites for hydroxylation is 1. The van der Waals surface area contributed by atoms with E-state index in [0.717, 1.165) is 28.0 Å². The van der Waals surface area contributed by atoms with Gasteiger partial charge in [-0.3, -0.25) is 4.79 Å². The normalized spacial score (nSPS) is 12.2. The lowest BCUT2D eigenvalue weighted by Crippen LogP contribution is -2.34. The van der Waals surface area contributed by atoms with Crippen molar-refractivity contribution in [2.75, 3.05) is 0 Å². The molecular formula is C21H21N5O. The highest BCUT2D eigenvalue weighted by Gasteiger charge is 2.26. The third-order valence-corrected chi connectivity index (χ3v) is 4.86. The van der Waals surface area contributed by atoms with Gasteiger partial charge in [0.15, 0.2) is 5.82 Å². The van der Waals surface area contributed by atoms with Crippen molar-refractivity contribution in [1.82, 2.24) is 24.8 Å². The molecule has 0 spiro atoms. The largest absolute Gasteiger partial charge is 0.348 e. The summed E-state index contributed by atoms with van der Waals surface area (Å²) in [6.45, 7) is 4.39. The van der Waals surface area contributed by atoms with Gasteiger partial charge in [0, 0.05) is 5.69 Å². The first-order chi connectivity index (χ1) is 13.1. The standard InChI is InChI=1S/C21H21N5O/c1-14-19(23-13-22-14)12-26(15(2)16-8-4-3-5-9-16)21(27)20-24-17-10-6-7-11-18(17)25-20/h3-11,13,15H,12H2,1-2H3,(H,22,23)(H,24,25). The first-order valence-electron chi connectivity index (χ1n) is 8.93. The lowest BCUT2D eigenvalue weighted by molar-refractivity contribution is 0.0660. The minimum atomic E-state index is -0.148. The summed E-state index contributed by atoms with van der Waals surface area (Å²) in [7, 11) is 0. The highest BCUT2D eigenvalue weighted by Crippen LogP contribution is 2.25. The number of nitrogens with one attached hydrogen (secondary N) is 2. The smallest absolute Gasteiger partial charge is 0.290 e. The van der Waals surface area contributed by atoms with E-state index in [2.05, 4.69) is 19.9 Å². The first-order valence-corrected chi connectivity index (χ1v) is 8.93. The Morgan fingerprint density at radius 1 is 1.11 bits per heavy atom. The van der Waals surface area contributed by atoms with Crippen LogP contribution in [0.3, 0.4) is 0 Å². The van der Waals surface area contributed by atoms with Gasteiger partial charge in [0.2, 0.25) is 0 Å². The van der Waals surface area contributed by atoms with Gasteiger partial charge in [-0.1, -0.05) is 42.5 Å². The van der Waals surface area contributed by atoms with Gasteiger partial charge in [0.1, 0.15) is 0 Å². The SMILES string of the molecule is Cc1[nH]cnc1CN(C(=O)c1nc2ccccc2[nH]1)C(C)c1ccccc1. The van der Waals surface area contributed by atoms with Gasteiger partial charge in [-0.15, -0.1) is 0 Å². The molecule has 0 bridgehead atoms. The molecule has 0 aliphatic carbocycles. The summed E-state index contributed by atoms with van der Waals surface area (Å²) in [5.74, 6) is 0.192. The Labute approximate surface area is 157 Å². The predicted molar refractivity (Wildman–Crippen MR) is 104 cm³/mol. The quantitative estimate of drug-likeness (QED) is 0.565. The summed E-state index contributed by atoms with van der Waals surface area (Å²) in [5.41, 5.74) is 4.50. The molecule has 0 saturated carbocycles. The number of amides is 1. The summed E-state index contributed by atoms with van der Waals surface area (Å²) in [4.78, 5) is 30.2. The monoisotopic (exact) mass is 359 g/mol. The van der Waals surface area contributed by atoms with Gasteiger partial charge < -0.3 is 14.9 Å². The highest BCUT2D eigenvalue weighted by molar-refractivity contribution is 5.94. The van der Waals surface area contributed by atoms with Crippen molar-refractivity contribution in [2.45, 2.75) is 26.4 Å². The first kappa shape index (κ1) is 17.0. The number of aromatic nitrogens is 4. The fourth-order valence-corrected chi connectivity index (χ4v) is 3.19. The molecule has 4 aromatic rings. The molecule has 2 N–H and O–H groups in total. The number of imidazole rings is 2. The zero-order chi connectivity index (χ0) is 18.8. The third-order valence-electron chi connectivity index (χ3n) is 4.86. The molecule has 2 heterocycles. The zero-order valence-corrected chi connectivity index (χ0v) is 15.3. The number of carbonyl (C=O) groups is 1. The van der Waals surface area contributed by atoms with Crippen LogP contribution in [0.2, 0.25) is 0 Å². The minimum absolute atomic E-state index is 0.122. The van der Waals surface area contributed by atoms with Gasteiger partial charge in [-0.25, -0.2) is 9.97 Å². The lowest BCUT2D eigenvalue weighted by Gasteiger charge is -2.28. The molecule has 0 radical (unpaired) electrons. The maximum Gasteiger partial charge on any atom is 0.290 e. The number of para-hydroxylation sites is 2. The number of rotatable bonds is 5. The summed E-state index contributed by atoms with van der Waals surface area (Å²) in [6.07, 6.45) is 1.65. The Balaban J connectivity index is 1.71. The minimum Gasteiger partial charge on any atom is -0.348 e. The molecule has 0 aliphatic heterocycles. The number of aromatic amines is 2. The molecular weight excluding hydrogens is 338 g/mol. The number of hydrogen-bond donors (Lipinski definition) is 2. The van der Waals surface area contributed by atoms with Gasteiger partial charge in [-0.05, 0) is 31.5 Å². The van der Waals surface area contributed by atoms with Crippen molar-refractivity contribution in [1.29, 1.82) is 0 Å². The van der Waals surface area contributed by atoms with Gasteiger partial charge >= 0.3 is 0 Å². The molecule has 1 amide bonds. The van der Waals surface area contributed by atoms with E-state index >= 15 is 0 Å². The van der Waals surface area contributed by atoms with E-state index in [-0.39, 0.29) is 11.9 Å². The number of hydrogen-bond acceptors (Lipinski definition) is 3. The molecule has 1 unspecified atom stereocenters. The molecule has 0 saturated heterocycles. The number of carbonyl (C=O) groups excluding carboxylic acids is 1. The third kappa shape index (κ3) is 3.33. The molecule has 2 aromatic carbocycles. The van der Waals surface area contributed by atoms with Crippen LogP contribution in [0.4, 0.5) is 0 Å². The van der Waals surface area contributed by atoms with Crippen LogP contribution in [-0.2, 0) is 6.54 Å². The van der Waals surface area contributed by atoms with Gasteiger partial charge in [0.05, 0.1) is 35.6 Å². The maximum absolute atomic E-state index is 13.4. The Morgan fingerprint density at radius 3 is 2.56 bits per heavy atom. The van der Waals surface area contributed by atoms with Crippen LogP contribution in [0.1, 0.15) is 40.5 Å². The van der Waals surface area contributed by atoms with Crippen LogP contribution in [0.25, 0.3) is 11.0 Å². The fourth-order valence-electron chi connectivity index (χ4n) is 3.19. The van der Waals surface area contributed by atoms with Crippen molar-refractivity contribution in [2.24, 2.45) is 0 Å². The molecule has 0 aliphatic rings. The van der Waals surface area contributed by atoms with Gasteiger partial charge in [0.25, 0.3) is 5.91 Å². The van der Waals surface area contributed by atoms with Crippen molar-refractivity contribution in [3.8, 4) is 0 Å². The van der Waals surface area contributed by atoms with E-state index in [4.69, 9.17) is 0 Å². The Kier molecular flexibility index (Phi) is 4.46. The molecule has 4 rings (SSSR count). The van der Waals surface area contributed by atoms with Crippen molar-refractivity contribution >= 4 is 16.9 Å².